The minimum atomic E-state index is 0.855. The molecule has 0 spiro atoms. The minimum absolute atomic E-state index is 0.855. The first-order chi connectivity index (χ1) is 10.1. The summed E-state index contributed by atoms with van der Waals surface area (Å²) in [4.78, 5) is 0. The van der Waals surface area contributed by atoms with Crippen molar-refractivity contribution in [2.45, 2.75) is 6.92 Å². The molecule has 0 bridgehead atoms. The lowest BCUT2D eigenvalue weighted by Gasteiger charge is -2.06. The van der Waals surface area contributed by atoms with Gasteiger partial charge in [0.15, 0.2) is 0 Å². The Kier molecular flexibility index (Phi) is 2.71. The van der Waals surface area contributed by atoms with Crippen molar-refractivity contribution in [1.29, 1.82) is 0 Å². The van der Waals surface area contributed by atoms with Gasteiger partial charge >= 0.3 is 0 Å². The van der Waals surface area contributed by atoms with Gasteiger partial charge in [0.25, 0.3) is 0 Å². The third-order valence-corrected chi connectivity index (χ3v) is 5.70. The van der Waals surface area contributed by atoms with Gasteiger partial charge in [0.05, 0.1) is 10.0 Å². The minimum Gasteiger partial charge on any atom is -0.391 e. The van der Waals surface area contributed by atoms with Gasteiger partial charge in [-0.2, -0.15) is 0 Å². The molecule has 21 heavy (non-hydrogen) atoms. The molecule has 4 rings (SSSR count). The predicted molar refractivity (Wildman–Crippen MR) is 96.2 cm³/mol. The first-order valence-electron chi connectivity index (χ1n) is 6.70. The molecule has 4 heteroatoms. The zero-order chi connectivity index (χ0) is 14.6. The molecular formula is C17H14N2S2. The lowest BCUT2D eigenvalue weighted by molar-refractivity contribution is 1.47. The molecule has 104 valence electrons. The zero-order valence-electron chi connectivity index (χ0n) is 11.5. The van der Waals surface area contributed by atoms with Gasteiger partial charge in [-0.25, -0.2) is 0 Å². The van der Waals surface area contributed by atoms with Crippen LogP contribution in [-0.4, -0.2) is 0 Å². The summed E-state index contributed by atoms with van der Waals surface area (Å²) in [6.45, 7) is 2.12. The highest BCUT2D eigenvalue weighted by atomic mass is 32.1. The summed E-state index contributed by atoms with van der Waals surface area (Å²) < 4.78 is 2.43. The van der Waals surface area contributed by atoms with Crippen LogP contribution in [0.1, 0.15) is 5.56 Å². The van der Waals surface area contributed by atoms with Crippen LogP contribution in [0.4, 0.5) is 10.0 Å². The largest absolute Gasteiger partial charge is 0.391 e. The molecule has 0 saturated heterocycles. The molecule has 0 unspecified atom stereocenters. The molecule has 0 saturated carbocycles. The van der Waals surface area contributed by atoms with E-state index < -0.39 is 0 Å². The quantitative estimate of drug-likeness (QED) is 0.504. The second-order valence-electron chi connectivity index (χ2n) is 5.19. The van der Waals surface area contributed by atoms with Crippen LogP contribution in [-0.2, 0) is 0 Å². The molecule has 4 N–H and O–H groups in total. The van der Waals surface area contributed by atoms with Crippen LogP contribution >= 0.6 is 22.7 Å². The Hall–Kier alpha value is -2.04. The summed E-state index contributed by atoms with van der Waals surface area (Å²) in [6.07, 6.45) is 0. The highest BCUT2D eigenvalue weighted by Gasteiger charge is 2.15. The maximum atomic E-state index is 6.31. The Morgan fingerprint density at radius 2 is 1.71 bits per heavy atom. The van der Waals surface area contributed by atoms with Gasteiger partial charge in [0.2, 0.25) is 0 Å². The third-order valence-electron chi connectivity index (χ3n) is 3.79. The van der Waals surface area contributed by atoms with Crippen LogP contribution in [0.3, 0.4) is 0 Å². The first-order valence-corrected chi connectivity index (χ1v) is 8.34. The maximum absolute atomic E-state index is 6.31. The molecular weight excluding hydrogens is 296 g/mol. The zero-order valence-corrected chi connectivity index (χ0v) is 13.1. The molecule has 0 aliphatic heterocycles. The van der Waals surface area contributed by atoms with Crippen molar-refractivity contribution in [2.24, 2.45) is 0 Å². The van der Waals surface area contributed by atoms with Crippen LogP contribution < -0.4 is 11.5 Å². The van der Waals surface area contributed by atoms with Crippen molar-refractivity contribution in [1.82, 2.24) is 0 Å². The van der Waals surface area contributed by atoms with E-state index in [9.17, 15) is 0 Å². The van der Waals surface area contributed by atoms with E-state index in [4.69, 9.17) is 11.5 Å². The van der Waals surface area contributed by atoms with Gasteiger partial charge in [-0.3, -0.25) is 0 Å². The molecule has 4 aromatic rings. The third kappa shape index (κ3) is 1.91. The van der Waals surface area contributed by atoms with Crippen LogP contribution in [0.5, 0.6) is 0 Å². The molecule has 2 heterocycles. The summed E-state index contributed by atoms with van der Waals surface area (Å²) in [5, 5.41) is 4.15. The van der Waals surface area contributed by atoms with Crippen molar-refractivity contribution in [2.75, 3.05) is 11.5 Å². The number of fused-ring (bicyclic) bond motifs is 2. The van der Waals surface area contributed by atoms with E-state index in [-0.39, 0.29) is 0 Å². The standard InChI is InChI=1S/C17H14N2S2/c1-9-4-2-3-5-11(9)16-12-8-13-10(7-15(18)20-13)6-14(12)21-17(16)19/h2-8H,18-19H2,1H3. The van der Waals surface area contributed by atoms with Gasteiger partial charge in [0, 0.05) is 20.3 Å². The van der Waals surface area contributed by atoms with E-state index in [0.29, 0.717) is 0 Å². The average Bonchev–Trinajstić information content (AvgIpc) is 2.94. The summed E-state index contributed by atoms with van der Waals surface area (Å²) in [6, 6.07) is 14.8. The number of thiophene rings is 2. The number of nitrogens with two attached hydrogens (primary N) is 2. The SMILES string of the molecule is Cc1ccccc1-c1c(N)sc2cc3cc(N)sc3cc12. The van der Waals surface area contributed by atoms with Crippen LogP contribution in [0.25, 0.3) is 31.3 Å². The van der Waals surface area contributed by atoms with Gasteiger partial charge in [-0.15, -0.1) is 22.7 Å². The molecule has 2 aromatic heterocycles. The van der Waals surface area contributed by atoms with Gasteiger partial charge in [-0.05, 0) is 41.6 Å². The lowest BCUT2D eigenvalue weighted by atomic mass is 9.99. The summed E-state index contributed by atoms with van der Waals surface area (Å²) in [7, 11) is 0. The van der Waals surface area contributed by atoms with Crippen LogP contribution in [0, 0.1) is 6.92 Å². The number of benzene rings is 2. The fraction of sp³-hybridized carbons (Fsp3) is 0.0588. The van der Waals surface area contributed by atoms with E-state index >= 15 is 0 Å². The van der Waals surface area contributed by atoms with E-state index in [1.807, 2.05) is 6.07 Å². The lowest BCUT2D eigenvalue weighted by Crippen LogP contribution is -1.86. The summed E-state index contributed by atoms with van der Waals surface area (Å²) >= 11 is 3.27. The van der Waals surface area contributed by atoms with Crippen molar-refractivity contribution < 1.29 is 0 Å². The Bertz CT molecular complexity index is 979. The summed E-state index contributed by atoms with van der Waals surface area (Å²) in [5.74, 6) is 0. The average molecular weight is 310 g/mol. The fourth-order valence-corrected chi connectivity index (χ4v) is 4.67. The van der Waals surface area contributed by atoms with Crippen molar-refractivity contribution in [3.05, 3.63) is 48.0 Å². The Labute approximate surface area is 130 Å². The van der Waals surface area contributed by atoms with Crippen molar-refractivity contribution >= 4 is 52.8 Å². The maximum Gasteiger partial charge on any atom is 0.0948 e. The smallest absolute Gasteiger partial charge is 0.0948 e. The Morgan fingerprint density at radius 1 is 0.905 bits per heavy atom. The molecule has 0 amide bonds. The van der Waals surface area contributed by atoms with E-state index in [1.165, 1.54) is 31.3 Å². The fourth-order valence-electron chi connectivity index (χ4n) is 2.80. The topological polar surface area (TPSA) is 52.0 Å². The Balaban J connectivity index is 2.10. The first kappa shape index (κ1) is 12.7. The van der Waals surface area contributed by atoms with Gasteiger partial charge in [-0.1, -0.05) is 24.3 Å². The molecule has 0 atom stereocenters. The molecule has 2 nitrogen and oxygen atoms in total. The molecule has 0 radical (unpaired) electrons. The van der Waals surface area contributed by atoms with Gasteiger partial charge < -0.3 is 11.5 Å². The number of hydrogen-bond acceptors (Lipinski definition) is 4. The Morgan fingerprint density at radius 3 is 2.52 bits per heavy atom. The monoisotopic (exact) mass is 310 g/mol. The van der Waals surface area contributed by atoms with Crippen LogP contribution in [0.2, 0.25) is 0 Å². The van der Waals surface area contributed by atoms with Crippen LogP contribution in [0.15, 0.2) is 42.5 Å². The van der Waals surface area contributed by atoms with E-state index in [2.05, 4.69) is 43.3 Å². The number of nitrogen functional groups attached to an aromatic ring is 2. The summed E-state index contributed by atoms with van der Waals surface area (Å²) in [5.41, 5.74) is 15.8. The number of anilines is 2. The number of hydrogen-bond donors (Lipinski definition) is 2. The number of rotatable bonds is 1. The normalized spacial score (nSPS) is 11.5. The number of aryl methyl sites for hydroxylation is 1. The van der Waals surface area contributed by atoms with E-state index in [0.717, 1.165) is 15.6 Å². The van der Waals surface area contributed by atoms with Crippen molar-refractivity contribution in [3.8, 4) is 11.1 Å². The second-order valence-corrected chi connectivity index (χ2v) is 7.39. The second kappa shape index (κ2) is 4.48. The molecule has 0 aliphatic carbocycles. The van der Waals surface area contributed by atoms with E-state index in [1.54, 1.807) is 22.7 Å². The highest BCUT2D eigenvalue weighted by Crippen LogP contribution is 2.44. The highest BCUT2D eigenvalue weighted by molar-refractivity contribution is 7.24. The predicted octanol–water partition coefficient (Wildman–Crippen LogP) is 5.26. The molecule has 0 aliphatic rings. The molecule has 2 aromatic carbocycles. The van der Waals surface area contributed by atoms with Crippen molar-refractivity contribution in [3.63, 3.8) is 0 Å². The van der Waals surface area contributed by atoms with Gasteiger partial charge in [0.1, 0.15) is 0 Å². The molecule has 0 fully saturated rings.